The van der Waals surface area contributed by atoms with Crippen molar-refractivity contribution in [2.24, 2.45) is 17.8 Å². The summed E-state index contributed by atoms with van der Waals surface area (Å²) in [7, 11) is -0.573. The summed E-state index contributed by atoms with van der Waals surface area (Å²) in [5, 5.41) is 0.0266. The van der Waals surface area contributed by atoms with E-state index in [-0.39, 0.29) is 23.5 Å². The number of aryl methyl sites for hydroxylation is 1. The summed E-state index contributed by atoms with van der Waals surface area (Å²) >= 11 is 6.42. The Hall–Kier alpha value is -2.59. The highest BCUT2D eigenvalue weighted by Crippen LogP contribution is 2.47. The SMILES string of the molecule is CO[C@H]1C[C@@H]2C/C=C\[C@H](OC)[C@@H]3CC[C@H]3CN3C[C@@]4(CCCc5cc(Cl)ccc54)COc4ccc(cc43)C(=O)NS(=O)(=O)[C@H]2C1. The van der Waals surface area contributed by atoms with Crippen LogP contribution in [0.15, 0.2) is 48.6 Å². The van der Waals surface area contributed by atoms with Crippen molar-refractivity contribution in [2.75, 3.05) is 38.8 Å². The summed E-state index contributed by atoms with van der Waals surface area (Å²) in [5.74, 6) is 0.698. The molecule has 8 nitrogen and oxygen atoms in total. The van der Waals surface area contributed by atoms with Crippen LogP contribution in [0.4, 0.5) is 5.69 Å². The lowest BCUT2D eigenvalue weighted by molar-refractivity contribution is 0.0131. The molecule has 0 saturated heterocycles. The van der Waals surface area contributed by atoms with E-state index in [1.807, 2.05) is 18.2 Å². The monoisotopic (exact) mass is 654 g/mol. The molecule has 2 aliphatic heterocycles. The first-order chi connectivity index (χ1) is 21.7. The van der Waals surface area contributed by atoms with E-state index in [4.69, 9.17) is 25.8 Å². The second kappa shape index (κ2) is 12.2. The highest BCUT2D eigenvalue weighted by atomic mass is 35.5. The number of ether oxygens (including phenoxy) is 3. The molecule has 10 heteroatoms. The van der Waals surface area contributed by atoms with E-state index in [2.05, 4.69) is 33.9 Å². The smallest absolute Gasteiger partial charge is 0.264 e. The Morgan fingerprint density at radius 1 is 1.07 bits per heavy atom. The molecule has 0 aromatic heterocycles. The largest absolute Gasteiger partial charge is 0.490 e. The van der Waals surface area contributed by atoms with Crippen LogP contribution in [0.3, 0.4) is 0 Å². The van der Waals surface area contributed by atoms with Crippen molar-refractivity contribution in [1.29, 1.82) is 0 Å². The van der Waals surface area contributed by atoms with Crippen molar-refractivity contribution in [2.45, 2.75) is 74.2 Å². The summed E-state index contributed by atoms with van der Waals surface area (Å²) in [4.78, 5) is 16.0. The third kappa shape index (κ3) is 5.79. The van der Waals surface area contributed by atoms with Crippen molar-refractivity contribution in [3.05, 3.63) is 70.3 Å². The summed E-state index contributed by atoms with van der Waals surface area (Å²) < 4.78 is 48.0. The minimum atomic E-state index is -3.96. The zero-order valence-electron chi connectivity index (χ0n) is 26.0. The maximum Gasteiger partial charge on any atom is 0.264 e. The van der Waals surface area contributed by atoms with E-state index in [0.717, 1.165) is 55.9 Å². The molecule has 1 N–H and O–H groups in total. The molecule has 7 atom stereocenters. The molecule has 5 aliphatic rings. The molecule has 1 spiro atoms. The molecule has 7 rings (SSSR count). The van der Waals surface area contributed by atoms with E-state index < -0.39 is 21.2 Å². The van der Waals surface area contributed by atoms with Gasteiger partial charge in [0.15, 0.2) is 0 Å². The Kier molecular flexibility index (Phi) is 8.42. The number of sulfonamides is 1. The number of benzene rings is 2. The maximum absolute atomic E-state index is 13.7. The van der Waals surface area contributed by atoms with Gasteiger partial charge in [0.05, 0.1) is 29.8 Å². The van der Waals surface area contributed by atoms with Crippen LogP contribution in [0.5, 0.6) is 5.75 Å². The molecular formula is C35H43ClN2O6S. The van der Waals surface area contributed by atoms with Crippen LogP contribution in [0.25, 0.3) is 0 Å². The number of fused-ring (bicyclic) bond motifs is 5. The van der Waals surface area contributed by atoms with E-state index in [9.17, 15) is 13.2 Å². The minimum absolute atomic E-state index is 0.0495. The van der Waals surface area contributed by atoms with Gasteiger partial charge in [0.25, 0.3) is 5.91 Å². The van der Waals surface area contributed by atoms with Gasteiger partial charge in [0, 0.05) is 43.3 Å². The van der Waals surface area contributed by atoms with Gasteiger partial charge < -0.3 is 19.1 Å². The molecule has 3 aliphatic carbocycles. The summed E-state index contributed by atoms with van der Waals surface area (Å²) in [5.41, 5.74) is 3.46. The van der Waals surface area contributed by atoms with E-state index in [1.54, 1.807) is 20.3 Å². The maximum atomic E-state index is 13.7. The highest BCUT2D eigenvalue weighted by molar-refractivity contribution is 7.90. The van der Waals surface area contributed by atoms with E-state index in [1.165, 1.54) is 11.1 Å². The number of hydrogen-bond acceptors (Lipinski definition) is 7. The molecule has 2 saturated carbocycles. The van der Waals surface area contributed by atoms with Gasteiger partial charge in [-0.2, -0.15) is 0 Å². The summed E-state index contributed by atoms with van der Waals surface area (Å²) in [6.07, 6.45) is 10.8. The van der Waals surface area contributed by atoms with Gasteiger partial charge in [-0.15, -0.1) is 0 Å². The van der Waals surface area contributed by atoms with Gasteiger partial charge in [0.1, 0.15) is 5.75 Å². The number of nitrogens with one attached hydrogen (secondary N) is 1. The Labute approximate surface area is 271 Å². The molecule has 0 radical (unpaired) electrons. The zero-order chi connectivity index (χ0) is 31.3. The molecule has 2 aromatic rings. The van der Waals surface area contributed by atoms with Crippen LogP contribution in [0, 0.1) is 17.8 Å². The number of hydrogen-bond donors (Lipinski definition) is 1. The first kappa shape index (κ1) is 31.0. The molecule has 1 amide bonds. The number of methoxy groups -OCH3 is 2. The van der Waals surface area contributed by atoms with Crippen LogP contribution in [-0.2, 0) is 31.3 Å². The van der Waals surface area contributed by atoms with Crippen molar-refractivity contribution in [3.8, 4) is 5.75 Å². The zero-order valence-corrected chi connectivity index (χ0v) is 27.6. The van der Waals surface area contributed by atoms with Gasteiger partial charge in [-0.05, 0) is 111 Å². The number of anilines is 1. The molecule has 242 valence electrons. The van der Waals surface area contributed by atoms with Crippen LogP contribution in [0.2, 0.25) is 5.02 Å². The number of carbonyl (C=O) groups is 1. The summed E-state index contributed by atoms with van der Waals surface area (Å²) in [6, 6.07) is 11.6. The second-order valence-electron chi connectivity index (χ2n) is 13.8. The van der Waals surface area contributed by atoms with Crippen LogP contribution in [0.1, 0.15) is 66.4 Å². The predicted molar refractivity (Wildman–Crippen MR) is 175 cm³/mol. The third-order valence-electron chi connectivity index (χ3n) is 11.2. The molecule has 2 bridgehead atoms. The predicted octanol–water partition coefficient (Wildman–Crippen LogP) is 5.67. The van der Waals surface area contributed by atoms with Gasteiger partial charge in [0.2, 0.25) is 10.0 Å². The molecule has 45 heavy (non-hydrogen) atoms. The van der Waals surface area contributed by atoms with Gasteiger partial charge in [-0.3, -0.25) is 4.79 Å². The topological polar surface area (TPSA) is 94.2 Å². The minimum Gasteiger partial charge on any atom is -0.490 e. The van der Waals surface area contributed by atoms with E-state index >= 15 is 0 Å². The van der Waals surface area contributed by atoms with Crippen LogP contribution in [-0.4, -0.2) is 65.7 Å². The second-order valence-corrected chi connectivity index (χ2v) is 16.1. The van der Waals surface area contributed by atoms with Crippen LogP contribution < -0.4 is 14.4 Å². The first-order valence-corrected chi connectivity index (χ1v) is 18.2. The quantitative estimate of drug-likeness (QED) is 0.417. The average Bonchev–Trinajstić information content (AvgIpc) is 3.38. The van der Waals surface area contributed by atoms with Crippen LogP contribution >= 0.6 is 11.6 Å². The molecule has 0 unspecified atom stereocenters. The fraction of sp³-hybridized carbons (Fsp3) is 0.571. The Bertz CT molecular complexity index is 1600. The lowest BCUT2D eigenvalue weighted by Crippen LogP contribution is -2.49. The molecule has 2 aromatic carbocycles. The van der Waals surface area contributed by atoms with Gasteiger partial charge in [-0.1, -0.05) is 29.8 Å². The Balaban J connectivity index is 1.29. The normalized spacial score (nSPS) is 34.7. The highest BCUT2D eigenvalue weighted by Gasteiger charge is 2.46. The van der Waals surface area contributed by atoms with Crippen molar-refractivity contribution < 1.29 is 27.4 Å². The fourth-order valence-corrected chi connectivity index (χ4v) is 10.6. The Morgan fingerprint density at radius 2 is 1.93 bits per heavy atom. The average molecular weight is 655 g/mol. The van der Waals surface area contributed by atoms with Gasteiger partial charge >= 0.3 is 0 Å². The number of rotatable bonds is 2. The third-order valence-corrected chi connectivity index (χ3v) is 13.3. The number of allylic oxidation sites excluding steroid dienone is 1. The lowest BCUT2D eigenvalue weighted by Gasteiger charge is -2.46. The number of carbonyl (C=O) groups excluding carboxylic acids is 1. The van der Waals surface area contributed by atoms with Crippen molar-refractivity contribution >= 4 is 33.2 Å². The van der Waals surface area contributed by atoms with E-state index in [0.29, 0.717) is 49.0 Å². The standard InChI is InChI=1S/C35H43ClN2O6S/c1-42-27-16-23-5-3-7-31(43-2)28-11-8-25(28)19-38-20-35(14-4-6-22-15-26(36)10-12-29(22)35)21-44-32-13-9-24(17-30(32)38)34(39)37-45(40,41)33(23)18-27/h3,7,9-10,12-13,15,17,23,25,27-28,31,33H,4-6,8,11,14,16,18-21H2,1-2H3,(H,37,39)/b7-3-/t23-,25-,27-,28+,31-,33-,35-/m0/s1. The molecule has 2 fully saturated rings. The molecular weight excluding hydrogens is 612 g/mol. The first-order valence-electron chi connectivity index (χ1n) is 16.3. The number of halogens is 1. The molecule has 2 heterocycles. The van der Waals surface area contributed by atoms with Crippen molar-refractivity contribution in [3.63, 3.8) is 0 Å². The fourth-order valence-electron chi connectivity index (χ4n) is 8.70. The summed E-state index contributed by atoms with van der Waals surface area (Å²) in [6.45, 7) is 2.05. The van der Waals surface area contributed by atoms with Crippen molar-refractivity contribution in [1.82, 2.24) is 4.72 Å². The number of nitrogens with zero attached hydrogens (tertiary/aromatic N) is 1. The Morgan fingerprint density at radius 3 is 2.71 bits per heavy atom. The number of amides is 1. The lowest BCUT2D eigenvalue weighted by atomic mass is 9.68. The van der Waals surface area contributed by atoms with Gasteiger partial charge in [-0.25, -0.2) is 13.1 Å².